The van der Waals surface area contributed by atoms with Crippen molar-refractivity contribution < 1.29 is 16.1 Å². The molecular formula is C5H8O3. The van der Waals surface area contributed by atoms with Crippen LogP contribution in [0.15, 0.2) is 0 Å². The Kier molecular flexibility index (Phi) is 2.10. The molecule has 1 atom stereocenters. The molecule has 0 rings (SSSR count). The summed E-state index contributed by atoms with van der Waals surface area (Å²) in [6.45, 7) is 1.21. The molecule has 0 radical (unpaired) electrons. The van der Waals surface area contributed by atoms with Gasteiger partial charge in [-0.2, -0.15) is 0 Å². The van der Waals surface area contributed by atoms with Gasteiger partial charge >= 0.3 is 5.97 Å². The first-order valence-electron chi connectivity index (χ1n) is 2.76. The first-order valence-corrected chi connectivity index (χ1v) is 2.18. The van der Waals surface area contributed by atoms with E-state index < -0.39 is 24.6 Å². The molecule has 0 saturated carbocycles. The molecule has 0 bridgehead atoms. The summed E-state index contributed by atoms with van der Waals surface area (Å²) in [6, 6.07) is 0. The van der Waals surface area contributed by atoms with Crippen molar-refractivity contribution in [3.05, 3.63) is 0 Å². The average Bonchev–Trinajstić information content (AvgIpc) is 1.63. The van der Waals surface area contributed by atoms with E-state index in [9.17, 15) is 9.59 Å². The maximum absolute atomic E-state index is 10.2. The largest absolute Gasteiger partial charge is 0.481 e. The number of rotatable bonds is 3. The molecule has 0 aliphatic carbocycles. The van der Waals surface area contributed by atoms with E-state index in [1.807, 2.05) is 0 Å². The summed E-state index contributed by atoms with van der Waals surface area (Å²) >= 11 is 0. The molecule has 0 heterocycles. The molecule has 0 aromatic carbocycles. The monoisotopic (exact) mass is 117 g/mol. The van der Waals surface area contributed by atoms with Crippen LogP contribution in [0.2, 0.25) is 0 Å². The second-order valence-electron chi connectivity index (χ2n) is 1.41. The van der Waals surface area contributed by atoms with Crippen molar-refractivity contribution in [1.29, 1.82) is 0 Å². The second-order valence-corrected chi connectivity index (χ2v) is 1.41. The summed E-state index contributed by atoms with van der Waals surface area (Å²) in [7, 11) is 0. The molecule has 0 saturated heterocycles. The number of hydrogen-bond acceptors (Lipinski definition) is 2. The topological polar surface area (TPSA) is 54.4 Å². The number of carbonyl (C=O) groups excluding carboxylic acids is 1. The quantitative estimate of drug-likeness (QED) is 0.583. The van der Waals surface area contributed by atoms with Gasteiger partial charge in [0, 0.05) is 7.77 Å². The van der Waals surface area contributed by atoms with Crippen molar-refractivity contribution in [1.82, 2.24) is 0 Å². The lowest BCUT2D eigenvalue weighted by atomic mass is 10.2. The van der Waals surface area contributed by atoms with Gasteiger partial charge in [0.1, 0.15) is 5.78 Å². The highest BCUT2D eigenvalue weighted by Gasteiger charge is 1.97. The summed E-state index contributed by atoms with van der Waals surface area (Å²) in [5.41, 5.74) is 0. The lowest BCUT2D eigenvalue weighted by Gasteiger charge is -1.86. The Labute approximate surface area is 48.7 Å². The molecule has 1 N–H and O–H groups in total. The molecular weight excluding hydrogens is 108 g/mol. The van der Waals surface area contributed by atoms with E-state index in [2.05, 4.69) is 0 Å². The van der Waals surface area contributed by atoms with Crippen molar-refractivity contribution in [2.45, 2.75) is 19.7 Å². The fourth-order valence-electron chi connectivity index (χ4n) is 0.231. The lowest BCUT2D eigenvalue weighted by molar-refractivity contribution is -0.138. The summed E-state index contributed by atoms with van der Waals surface area (Å²) in [4.78, 5) is 20.1. The van der Waals surface area contributed by atoms with Crippen LogP contribution in [0.3, 0.4) is 0 Å². The van der Waals surface area contributed by atoms with Crippen molar-refractivity contribution in [2.24, 2.45) is 0 Å². The van der Waals surface area contributed by atoms with E-state index in [4.69, 9.17) is 6.48 Å². The Morgan fingerprint density at radius 3 is 2.38 bits per heavy atom. The molecule has 3 nitrogen and oxygen atoms in total. The summed E-state index contributed by atoms with van der Waals surface area (Å²) < 4.78 is 6.83. The fourth-order valence-corrected chi connectivity index (χ4v) is 0.231. The third kappa shape index (κ3) is 5.14. The molecule has 0 fully saturated rings. The highest BCUT2D eigenvalue weighted by molar-refractivity contribution is 5.80. The van der Waals surface area contributed by atoms with Crippen LogP contribution in [0.25, 0.3) is 0 Å². The number of carbonyl (C=O) groups is 2. The van der Waals surface area contributed by atoms with Gasteiger partial charge in [0.2, 0.25) is 0 Å². The summed E-state index contributed by atoms with van der Waals surface area (Å²) in [5.74, 6) is -1.51. The van der Waals surface area contributed by atoms with Crippen LogP contribution in [0.5, 0.6) is 0 Å². The fraction of sp³-hybridized carbons (Fsp3) is 0.600. The highest BCUT2D eigenvalue weighted by atomic mass is 16.4. The Balaban J connectivity index is 3.63. The molecule has 3 heteroatoms. The molecule has 0 aliphatic rings. The molecule has 0 unspecified atom stereocenters. The zero-order chi connectivity index (χ0) is 7.44. The van der Waals surface area contributed by atoms with Gasteiger partial charge in [-0.05, 0) is 6.92 Å². The van der Waals surface area contributed by atoms with Gasteiger partial charge in [-0.3, -0.25) is 4.79 Å². The Bertz CT molecular complexity index is 132. The van der Waals surface area contributed by atoms with Crippen molar-refractivity contribution in [3.63, 3.8) is 0 Å². The Morgan fingerprint density at radius 2 is 2.25 bits per heavy atom. The van der Waals surface area contributed by atoms with Crippen LogP contribution < -0.4 is 0 Å². The van der Waals surface area contributed by atoms with Crippen molar-refractivity contribution >= 4 is 11.8 Å². The molecule has 0 spiro atoms. The minimum atomic E-state index is -1.11. The smallest absolute Gasteiger partial charge is 0.303 e. The van der Waals surface area contributed by atoms with E-state index in [1.165, 1.54) is 6.92 Å². The zero-order valence-corrected chi connectivity index (χ0v) is 4.55. The number of aliphatic carboxylic acids is 1. The van der Waals surface area contributed by atoms with E-state index >= 15 is 0 Å². The third-order valence-corrected chi connectivity index (χ3v) is 0.564. The molecule has 0 aromatic heterocycles. The number of ketones is 1. The van der Waals surface area contributed by atoms with Gasteiger partial charge in [-0.15, -0.1) is 0 Å². The van der Waals surface area contributed by atoms with Gasteiger partial charge in [-0.1, -0.05) is 0 Å². The van der Waals surface area contributed by atoms with E-state index in [-0.39, 0.29) is 0 Å². The molecule has 0 amide bonds. The number of carboxylic acids is 1. The van der Waals surface area contributed by atoms with E-state index in [0.29, 0.717) is 0 Å². The Hall–Kier alpha value is -0.860. The lowest BCUT2D eigenvalue weighted by Crippen LogP contribution is -1.98. The van der Waals surface area contributed by atoms with Crippen LogP contribution in [0.4, 0.5) is 0 Å². The zero-order valence-electron chi connectivity index (χ0n) is 5.55. The molecule has 0 aromatic rings. The first-order chi connectivity index (χ1) is 4.04. The van der Waals surface area contributed by atoms with E-state index in [0.717, 1.165) is 0 Å². The summed E-state index contributed by atoms with van der Waals surface area (Å²) in [6.07, 6.45) is -1.49. The van der Waals surface area contributed by atoms with Gasteiger partial charge < -0.3 is 9.90 Å². The number of Topliss-reactive ketones (excluding diaryl/α,β-unsaturated/α-hetero) is 1. The van der Waals surface area contributed by atoms with Gasteiger partial charge in [0.25, 0.3) is 0 Å². The van der Waals surface area contributed by atoms with Crippen molar-refractivity contribution in [3.8, 4) is 0 Å². The second kappa shape index (κ2) is 3.18. The van der Waals surface area contributed by atoms with Gasteiger partial charge in [0.15, 0.2) is 0 Å². The molecule has 8 heavy (non-hydrogen) atoms. The first kappa shape index (κ1) is 5.28. The normalized spacial score (nSPS) is 14.4. The van der Waals surface area contributed by atoms with E-state index in [1.54, 1.807) is 0 Å². The van der Waals surface area contributed by atoms with Crippen molar-refractivity contribution in [2.75, 3.05) is 0 Å². The third-order valence-electron chi connectivity index (χ3n) is 0.564. The maximum Gasteiger partial charge on any atom is 0.303 e. The van der Waals surface area contributed by atoms with Gasteiger partial charge in [-0.25, -0.2) is 0 Å². The predicted octanol–water partition coefficient (Wildman–Crippen LogP) is 0.440. The molecule has 0 aliphatic heterocycles. The highest BCUT2D eigenvalue weighted by Crippen LogP contribution is 1.87. The van der Waals surface area contributed by atoms with Crippen LogP contribution in [0, 0.1) is 0 Å². The summed E-state index contributed by atoms with van der Waals surface area (Å²) in [5, 5.41) is 8.06. The standard InChI is InChI=1S/C5H8O3/c1-4(6)2-3-5(7)8/h2-3H2,1H3,(H,7,8)/i2D/t2-/m0/s1. The Morgan fingerprint density at radius 1 is 1.75 bits per heavy atom. The number of hydrogen-bond donors (Lipinski definition) is 1. The van der Waals surface area contributed by atoms with Crippen LogP contribution >= 0.6 is 0 Å². The minimum Gasteiger partial charge on any atom is -0.481 e. The van der Waals surface area contributed by atoms with Crippen LogP contribution in [0.1, 0.15) is 21.1 Å². The van der Waals surface area contributed by atoms with Gasteiger partial charge in [0.05, 0.1) is 6.42 Å². The molecule has 46 valence electrons. The minimum absolute atomic E-state index is 0.394. The van der Waals surface area contributed by atoms with Crippen LogP contribution in [-0.2, 0) is 9.59 Å². The maximum atomic E-state index is 10.2. The average molecular weight is 117 g/mol. The van der Waals surface area contributed by atoms with Crippen LogP contribution in [-0.4, -0.2) is 16.9 Å². The predicted molar refractivity (Wildman–Crippen MR) is 27.6 cm³/mol. The number of carboxylic acid groups (broad SMARTS) is 1. The SMILES string of the molecule is [2H][C@@H](CC(=O)O)C(C)=O.